The van der Waals surface area contributed by atoms with Crippen LogP contribution in [0.15, 0.2) is 23.0 Å². The summed E-state index contributed by atoms with van der Waals surface area (Å²) < 4.78 is 5.54. The fraction of sp³-hybridized carbons (Fsp3) is 0.818. The minimum atomic E-state index is 0.0463. The van der Waals surface area contributed by atoms with Crippen LogP contribution in [-0.2, 0) is 4.74 Å². The molecule has 2 saturated carbocycles. The van der Waals surface area contributed by atoms with E-state index in [1.807, 2.05) is 0 Å². The van der Waals surface area contributed by atoms with Gasteiger partial charge in [-0.1, -0.05) is 31.9 Å². The second-order valence-electron chi connectivity index (χ2n) is 9.74. The highest BCUT2D eigenvalue weighted by molar-refractivity contribution is 5.35. The lowest BCUT2D eigenvalue weighted by molar-refractivity contribution is -0.0729. The van der Waals surface area contributed by atoms with Gasteiger partial charge in [0.25, 0.3) is 0 Å². The minimum Gasteiger partial charge on any atom is -0.501 e. The second-order valence-corrected chi connectivity index (χ2v) is 9.74. The summed E-state index contributed by atoms with van der Waals surface area (Å²) in [6.45, 7) is 7.72. The highest BCUT2D eigenvalue weighted by Gasteiger charge is 2.59. The fourth-order valence-electron chi connectivity index (χ4n) is 7.17. The van der Waals surface area contributed by atoms with Crippen LogP contribution in [0.2, 0.25) is 0 Å². The second kappa shape index (κ2) is 5.62. The van der Waals surface area contributed by atoms with E-state index in [1.54, 1.807) is 18.3 Å². The van der Waals surface area contributed by atoms with E-state index in [9.17, 15) is 5.11 Å². The van der Waals surface area contributed by atoms with Crippen molar-refractivity contribution in [3.05, 3.63) is 23.0 Å². The number of hydrogen-bond donors (Lipinski definition) is 1. The zero-order valence-electron chi connectivity index (χ0n) is 15.9. The van der Waals surface area contributed by atoms with E-state index in [1.165, 1.54) is 25.7 Å². The predicted molar refractivity (Wildman–Crippen MR) is 97.4 cm³/mol. The van der Waals surface area contributed by atoms with Crippen LogP contribution in [-0.4, -0.2) is 18.8 Å². The first-order valence-electron chi connectivity index (χ1n) is 9.96. The Bertz CT molecular complexity index is 589. The lowest BCUT2D eigenvalue weighted by Crippen LogP contribution is -2.52. The van der Waals surface area contributed by atoms with E-state index < -0.39 is 0 Å². The summed E-state index contributed by atoms with van der Waals surface area (Å²) in [5.74, 6) is 4.08. The average molecular weight is 331 g/mol. The summed E-state index contributed by atoms with van der Waals surface area (Å²) in [6, 6.07) is 0. The summed E-state index contributed by atoms with van der Waals surface area (Å²) in [4.78, 5) is 0. The van der Waals surface area contributed by atoms with Crippen LogP contribution >= 0.6 is 0 Å². The standard InChI is InChI=1S/C22H34O2/c1-14-7-9-21(2)10-8-18-17-6-5-16(24-4)11-15(17)12-22(3,13-23)20(18)19(14)21/h5,14,18-20,23H,6-13H2,1-4H3/t14-,18-,19-,20-,21+,22-/m1/s1. The molecule has 0 spiro atoms. The highest BCUT2D eigenvalue weighted by Crippen LogP contribution is 2.66. The Morgan fingerprint density at radius 3 is 2.67 bits per heavy atom. The van der Waals surface area contributed by atoms with Gasteiger partial charge < -0.3 is 9.84 Å². The molecule has 4 rings (SSSR count). The van der Waals surface area contributed by atoms with Gasteiger partial charge in [0.1, 0.15) is 0 Å². The van der Waals surface area contributed by atoms with Gasteiger partial charge in [0.2, 0.25) is 0 Å². The van der Waals surface area contributed by atoms with Crippen LogP contribution in [0.5, 0.6) is 0 Å². The lowest BCUT2D eigenvalue weighted by Gasteiger charge is -2.58. The van der Waals surface area contributed by atoms with Crippen molar-refractivity contribution in [1.29, 1.82) is 0 Å². The van der Waals surface area contributed by atoms with Gasteiger partial charge in [0.05, 0.1) is 12.9 Å². The average Bonchev–Trinajstić information content (AvgIpc) is 2.89. The number of ether oxygens (including phenoxy) is 1. The minimum absolute atomic E-state index is 0.0463. The van der Waals surface area contributed by atoms with E-state index in [4.69, 9.17) is 4.74 Å². The molecular formula is C22H34O2. The largest absolute Gasteiger partial charge is 0.501 e. The third-order valence-corrected chi connectivity index (χ3v) is 8.32. The van der Waals surface area contributed by atoms with E-state index in [2.05, 4.69) is 26.8 Å². The number of fused-ring (bicyclic) bond motifs is 4. The fourth-order valence-corrected chi connectivity index (χ4v) is 7.17. The van der Waals surface area contributed by atoms with Crippen molar-refractivity contribution in [2.75, 3.05) is 13.7 Å². The summed E-state index contributed by atoms with van der Waals surface area (Å²) in [5, 5.41) is 10.4. The first kappa shape index (κ1) is 16.7. The maximum Gasteiger partial charge on any atom is 0.0959 e. The maximum absolute atomic E-state index is 10.4. The number of rotatable bonds is 2. The van der Waals surface area contributed by atoms with Crippen LogP contribution in [0.4, 0.5) is 0 Å². The van der Waals surface area contributed by atoms with Gasteiger partial charge in [-0.2, -0.15) is 0 Å². The number of allylic oxidation sites excluding steroid dienone is 3. The monoisotopic (exact) mass is 330 g/mol. The first-order chi connectivity index (χ1) is 11.4. The molecule has 2 fully saturated rings. The van der Waals surface area contributed by atoms with Gasteiger partial charge in [-0.15, -0.1) is 0 Å². The molecule has 134 valence electrons. The summed E-state index contributed by atoms with van der Waals surface area (Å²) in [6.07, 6.45) is 10.9. The number of hydrogen-bond acceptors (Lipinski definition) is 2. The van der Waals surface area contributed by atoms with Crippen molar-refractivity contribution in [2.45, 2.75) is 65.7 Å². The van der Waals surface area contributed by atoms with E-state index >= 15 is 0 Å². The van der Waals surface area contributed by atoms with Gasteiger partial charge in [0.15, 0.2) is 0 Å². The molecule has 0 radical (unpaired) electrons. The van der Waals surface area contributed by atoms with Crippen molar-refractivity contribution in [3.8, 4) is 0 Å². The van der Waals surface area contributed by atoms with Gasteiger partial charge in [-0.3, -0.25) is 0 Å². The topological polar surface area (TPSA) is 29.5 Å². The van der Waals surface area contributed by atoms with Gasteiger partial charge in [-0.05, 0) is 79.1 Å². The summed E-state index contributed by atoms with van der Waals surface area (Å²) in [5.41, 5.74) is 3.86. The molecule has 0 aromatic rings. The smallest absolute Gasteiger partial charge is 0.0959 e. The van der Waals surface area contributed by atoms with Crippen molar-refractivity contribution >= 4 is 0 Å². The van der Waals surface area contributed by atoms with Gasteiger partial charge in [-0.25, -0.2) is 0 Å². The van der Waals surface area contributed by atoms with E-state index in [-0.39, 0.29) is 5.41 Å². The molecule has 2 heteroatoms. The van der Waals surface area contributed by atoms with Crippen LogP contribution in [0.25, 0.3) is 0 Å². The third kappa shape index (κ3) is 2.25. The van der Waals surface area contributed by atoms with Gasteiger partial charge in [0, 0.05) is 13.0 Å². The Hall–Kier alpha value is -0.760. The third-order valence-electron chi connectivity index (χ3n) is 8.32. The lowest BCUT2D eigenvalue weighted by atomic mass is 9.47. The Labute approximate surface area is 147 Å². The molecule has 0 aliphatic heterocycles. The van der Waals surface area contributed by atoms with Crippen LogP contribution in [0.1, 0.15) is 65.7 Å². The SMILES string of the molecule is COC1=CCC2=C(C1)C[C@](C)(CO)[C@H]1[C@H]3[C@H](C)CC[C@@]3(C)CC[C@H]21. The zero-order chi connectivity index (χ0) is 17.1. The molecule has 4 aliphatic carbocycles. The van der Waals surface area contributed by atoms with E-state index in [0.717, 1.165) is 36.9 Å². The normalized spacial score (nSPS) is 47.6. The molecule has 0 saturated heterocycles. The molecule has 0 heterocycles. The molecule has 2 nitrogen and oxygen atoms in total. The quantitative estimate of drug-likeness (QED) is 0.715. The molecule has 0 bridgehead atoms. The van der Waals surface area contributed by atoms with Crippen LogP contribution in [0.3, 0.4) is 0 Å². The van der Waals surface area contributed by atoms with Crippen molar-refractivity contribution in [1.82, 2.24) is 0 Å². The van der Waals surface area contributed by atoms with Crippen LogP contribution < -0.4 is 0 Å². The maximum atomic E-state index is 10.4. The molecule has 24 heavy (non-hydrogen) atoms. The Balaban J connectivity index is 1.75. The molecule has 1 N–H and O–H groups in total. The molecule has 0 unspecified atom stereocenters. The Morgan fingerprint density at radius 2 is 1.96 bits per heavy atom. The summed E-state index contributed by atoms with van der Waals surface area (Å²) in [7, 11) is 1.79. The zero-order valence-corrected chi connectivity index (χ0v) is 15.9. The molecule has 4 aliphatic rings. The summed E-state index contributed by atoms with van der Waals surface area (Å²) >= 11 is 0. The Morgan fingerprint density at radius 1 is 1.21 bits per heavy atom. The molecule has 0 aromatic carbocycles. The van der Waals surface area contributed by atoms with Crippen LogP contribution in [0, 0.1) is 34.5 Å². The Kier molecular flexibility index (Phi) is 3.91. The predicted octanol–water partition coefficient (Wildman–Crippen LogP) is 5.09. The first-order valence-corrected chi connectivity index (χ1v) is 9.96. The van der Waals surface area contributed by atoms with Crippen molar-refractivity contribution in [3.63, 3.8) is 0 Å². The number of aliphatic hydroxyl groups is 1. The van der Waals surface area contributed by atoms with Gasteiger partial charge >= 0.3 is 0 Å². The van der Waals surface area contributed by atoms with Crippen molar-refractivity contribution < 1.29 is 9.84 Å². The van der Waals surface area contributed by atoms with Crippen molar-refractivity contribution in [2.24, 2.45) is 34.5 Å². The van der Waals surface area contributed by atoms with E-state index in [0.29, 0.717) is 23.9 Å². The molecule has 0 amide bonds. The number of methoxy groups -OCH3 is 1. The molecule has 6 atom stereocenters. The number of aliphatic hydroxyl groups excluding tert-OH is 1. The highest BCUT2D eigenvalue weighted by atomic mass is 16.5. The molecule has 0 aromatic heterocycles. The molecular weight excluding hydrogens is 296 g/mol.